The molecule has 0 atom stereocenters. The van der Waals surface area contributed by atoms with Gasteiger partial charge in [0.05, 0.1) is 11.6 Å². The Morgan fingerprint density at radius 2 is 1.96 bits per heavy atom. The first-order chi connectivity index (χ1) is 11.3. The van der Waals surface area contributed by atoms with Crippen LogP contribution in [0.4, 0.5) is 0 Å². The van der Waals surface area contributed by atoms with Gasteiger partial charge >= 0.3 is 5.97 Å². The molecule has 1 saturated carbocycles. The first-order valence-corrected chi connectivity index (χ1v) is 9.75. The third-order valence-corrected chi connectivity index (χ3v) is 5.53. The summed E-state index contributed by atoms with van der Waals surface area (Å²) >= 11 is 1.34. The average molecular weight is 355 g/mol. The third-order valence-electron chi connectivity index (χ3n) is 4.60. The van der Waals surface area contributed by atoms with Crippen molar-refractivity contribution in [3.05, 3.63) is 9.88 Å². The number of thiazole rings is 1. The van der Waals surface area contributed by atoms with Gasteiger partial charge in [-0.3, -0.25) is 0 Å². The van der Waals surface area contributed by atoms with Crippen molar-refractivity contribution in [2.45, 2.75) is 84.4 Å². The van der Waals surface area contributed by atoms with E-state index in [2.05, 4.69) is 31.1 Å². The number of hydrogen-bond acceptors (Lipinski definition) is 6. The zero-order valence-electron chi connectivity index (χ0n) is 15.5. The smallest absolute Gasteiger partial charge is 0.353 e. The molecule has 136 valence electrons. The summed E-state index contributed by atoms with van der Waals surface area (Å²) in [5.41, 5.74) is 0.182. The first-order valence-electron chi connectivity index (χ1n) is 8.93. The minimum Gasteiger partial charge on any atom is -0.473 e. The molecular weight excluding hydrogens is 324 g/mol. The predicted molar refractivity (Wildman–Crippen MR) is 97.0 cm³/mol. The molecule has 5 nitrogen and oxygen atoms in total. The molecule has 0 aromatic carbocycles. The minimum atomic E-state index is -0.335. The maximum Gasteiger partial charge on any atom is 0.353 e. The lowest BCUT2D eigenvalue weighted by Crippen LogP contribution is -2.47. The van der Waals surface area contributed by atoms with Gasteiger partial charge in [-0.1, -0.05) is 6.92 Å². The van der Waals surface area contributed by atoms with E-state index in [9.17, 15) is 4.79 Å². The highest BCUT2D eigenvalue weighted by Crippen LogP contribution is 2.30. The van der Waals surface area contributed by atoms with Crippen molar-refractivity contribution >= 4 is 17.3 Å². The summed E-state index contributed by atoms with van der Waals surface area (Å²) in [7, 11) is 0. The lowest BCUT2D eigenvalue weighted by Gasteiger charge is -2.35. The molecule has 0 amide bonds. The molecule has 1 aliphatic rings. The van der Waals surface area contributed by atoms with Crippen molar-refractivity contribution in [2.75, 3.05) is 6.61 Å². The van der Waals surface area contributed by atoms with Gasteiger partial charge in [0.15, 0.2) is 4.88 Å². The van der Waals surface area contributed by atoms with Gasteiger partial charge in [-0.25, -0.2) is 9.78 Å². The normalized spacial score (nSPS) is 21.5. The summed E-state index contributed by atoms with van der Waals surface area (Å²) in [6.07, 6.45) is 5.39. The number of hydrogen-bond donors (Lipinski definition) is 1. The molecule has 0 radical (unpaired) electrons. The number of carbonyl (C=O) groups excluding carboxylic acids is 1. The summed E-state index contributed by atoms with van der Waals surface area (Å²) in [5.74, 6) is 0.111. The fraction of sp³-hybridized carbons (Fsp3) is 0.778. The molecule has 0 bridgehead atoms. The summed E-state index contributed by atoms with van der Waals surface area (Å²) < 4.78 is 11.1. The van der Waals surface area contributed by atoms with Gasteiger partial charge in [0.25, 0.3) is 0 Å². The SMILES string of the molecule is CCOC(=O)c1sc(C)nc1OC1CCC(NC(C)(C)CC)CC1. The fourth-order valence-corrected chi connectivity index (χ4v) is 3.70. The third kappa shape index (κ3) is 5.18. The molecule has 1 aliphatic carbocycles. The molecule has 1 aromatic heterocycles. The Labute approximate surface area is 149 Å². The van der Waals surface area contributed by atoms with Crippen LogP contribution in [0.5, 0.6) is 5.88 Å². The van der Waals surface area contributed by atoms with Crippen molar-refractivity contribution in [1.82, 2.24) is 10.3 Å². The Morgan fingerprint density at radius 3 is 2.54 bits per heavy atom. The Bertz CT molecular complexity index is 548. The average Bonchev–Trinajstić information content (AvgIpc) is 2.90. The summed E-state index contributed by atoms with van der Waals surface area (Å²) in [6, 6.07) is 0.543. The number of esters is 1. The number of rotatable bonds is 7. The molecule has 6 heteroatoms. The molecule has 1 N–H and O–H groups in total. The summed E-state index contributed by atoms with van der Waals surface area (Å²) in [5, 5.41) is 4.56. The Balaban J connectivity index is 1.91. The topological polar surface area (TPSA) is 60.5 Å². The molecule has 2 rings (SSSR count). The standard InChI is InChI=1S/C18H30N2O3S/c1-6-18(4,5)20-13-8-10-14(11-9-13)23-16-15(17(21)22-7-2)24-12(3)19-16/h13-14,20H,6-11H2,1-5H3. The van der Waals surface area contributed by atoms with Crippen molar-refractivity contribution in [3.8, 4) is 5.88 Å². The van der Waals surface area contributed by atoms with Crippen LogP contribution in [0.2, 0.25) is 0 Å². The molecule has 0 unspecified atom stereocenters. The fourth-order valence-electron chi connectivity index (χ4n) is 2.95. The van der Waals surface area contributed by atoms with E-state index in [1.54, 1.807) is 6.92 Å². The van der Waals surface area contributed by atoms with Gasteiger partial charge in [-0.15, -0.1) is 11.3 Å². The monoisotopic (exact) mass is 354 g/mol. The predicted octanol–water partition coefficient (Wildman–Crippen LogP) is 4.10. The van der Waals surface area contributed by atoms with Crippen LogP contribution < -0.4 is 10.1 Å². The van der Waals surface area contributed by atoms with Gasteiger partial charge < -0.3 is 14.8 Å². The van der Waals surface area contributed by atoms with Crippen LogP contribution in [0, 0.1) is 6.92 Å². The van der Waals surface area contributed by atoms with E-state index >= 15 is 0 Å². The molecule has 0 spiro atoms. The molecular formula is C18H30N2O3S. The van der Waals surface area contributed by atoms with E-state index in [0.717, 1.165) is 37.1 Å². The number of aromatic nitrogens is 1. The minimum absolute atomic E-state index is 0.127. The number of aryl methyl sites for hydroxylation is 1. The summed E-state index contributed by atoms with van der Waals surface area (Å²) in [4.78, 5) is 16.9. The second-order valence-electron chi connectivity index (χ2n) is 7.06. The highest BCUT2D eigenvalue weighted by atomic mass is 32.1. The number of carbonyl (C=O) groups is 1. The van der Waals surface area contributed by atoms with Crippen LogP contribution in [0.25, 0.3) is 0 Å². The van der Waals surface area contributed by atoms with Gasteiger partial charge in [0, 0.05) is 11.6 Å². The second kappa shape index (κ2) is 8.30. The first kappa shape index (κ1) is 19.2. The zero-order chi connectivity index (χ0) is 17.7. The second-order valence-corrected chi connectivity index (χ2v) is 8.26. The van der Waals surface area contributed by atoms with Crippen molar-refractivity contribution in [2.24, 2.45) is 0 Å². The van der Waals surface area contributed by atoms with Gasteiger partial charge in [-0.05, 0) is 59.8 Å². The quantitative estimate of drug-likeness (QED) is 0.747. The van der Waals surface area contributed by atoms with Crippen molar-refractivity contribution in [3.63, 3.8) is 0 Å². The maximum absolute atomic E-state index is 12.0. The Hall–Kier alpha value is -1.14. The Kier molecular flexibility index (Phi) is 6.63. The lowest BCUT2D eigenvalue weighted by molar-refractivity contribution is 0.0520. The maximum atomic E-state index is 12.0. The molecule has 0 aliphatic heterocycles. The molecule has 0 saturated heterocycles. The van der Waals surface area contributed by atoms with E-state index in [4.69, 9.17) is 9.47 Å². The van der Waals surface area contributed by atoms with Gasteiger partial charge in [0.1, 0.15) is 6.10 Å². The van der Waals surface area contributed by atoms with E-state index < -0.39 is 0 Å². The van der Waals surface area contributed by atoms with E-state index in [1.165, 1.54) is 11.3 Å². The van der Waals surface area contributed by atoms with Gasteiger partial charge in [0.2, 0.25) is 5.88 Å². The van der Waals surface area contributed by atoms with Crippen molar-refractivity contribution < 1.29 is 14.3 Å². The molecule has 24 heavy (non-hydrogen) atoms. The number of nitrogens with zero attached hydrogens (tertiary/aromatic N) is 1. The number of ether oxygens (including phenoxy) is 2. The van der Waals surface area contributed by atoms with Crippen LogP contribution in [0.3, 0.4) is 0 Å². The van der Waals surface area contributed by atoms with Crippen LogP contribution >= 0.6 is 11.3 Å². The van der Waals surface area contributed by atoms with Crippen LogP contribution in [0.1, 0.15) is 74.5 Å². The van der Waals surface area contributed by atoms with Crippen LogP contribution in [-0.2, 0) is 4.74 Å². The molecule has 1 aromatic rings. The Morgan fingerprint density at radius 1 is 1.29 bits per heavy atom. The van der Waals surface area contributed by atoms with E-state index in [1.807, 2.05) is 6.92 Å². The highest BCUT2D eigenvalue weighted by Gasteiger charge is 2.28. The summed E-state index contributed by atoms with van der Waals surface area (Å²) in [6.45, 7) is 10.8. The zero-order valence-corrected chi connectivity index (χ0v) is 16.3. The largest absolute Gasteiger partial charge is 0.473 e. The van der Waals surface area contributed by atoms with Crippen LogP contribution in [0.15, 0.2) is 0 Å². The highest BCUT2D eigenvalue weighted by molar-refractivity contribution is 7.13. The van der Waals surface area contributed by atoms with Crippen LogP contribution in [-0.4, -0.2) is 35.2 Å². The molecule has 1 heterocycles. The van der Waals surface area contributed by atoms with Crippen molar-refractivity contribution in [1.29, 1.82) is 0 Å². The lowest BCUT2D eigenvalue weighted by atomic mass is 9.90. The van der Waals surface area contributed by atoms with E-state index in [0.29, 0.717) is 23.4 Å². The van der Waals surface area contributed by atoms with Gasteiger partial charge in [-0.2, -0.15) is 0 Å². The van der Waals surface area contributed by atoms with E-state index in [-0.39, 0.29) is 17.6 Å². The molecule has 1 fully saturated rings. The number of nitrogens with one attached hydrogen (secondary N) is 1.